The van der Waals surface area contributed by atoms with E-state index in [9.17, 15) is 22.8 Å². The van der Waals surface area contributed by atoms with Crippen LogP contribution in [0.4, 0.5) is 13.2 Å². The van der Waals surface area contributed by atoms with Crippen molar-refractivity contribution in [1.82, 2.24) is 14.9 Å². The van der Waals surface area contributed by atoms with Crippen LogP contribution in [-0.4, -0.2) is 33.2 Å². The second kappa shape index (κ2) is 9.81. The largest absolute Gasteiger partial charge is 0.416 e. The molecule has 0 bridgehead atoms. The van der Waals surface area contributed by atoms with Crippen molar-refractivity contribution in [3.8, 4) is 44.8 Å². The average molecular weight is 614 g/mol. The summed E-state index contributed by atoms with van der Waals surface area (Å²) in [7, 11) is 0. The van der Waals surface area contributed by atoms with Gasteiger partial charge in [0.15, 0.2) is 0 Å². The third kappa shape index (κ3) is 4.09. The molecule has 2 aliphatic rings. The smallest absolute Gasteiger partial charge is 0.274 e. The van der Waals surface area contributed by atoms with Gasteiger partial charge >= 0.3 is 6.18 Å². The topological polar surface area (TPSA) is 63.2 Å². The lowest BCUT2D eigenvalue weighted by atomic mass is 9.90. The zero-order chi connectivity index (χ0) is 32.1. The average Bonchev–Trinajstić information content (AvgIpc) is 3.35. The molecule has 0 fully saturated rings. The van der Waals surface area contributed by atoms with E-state index >= 15 is 0 Å². The quantitative estimate of drug-likeness (QED) is 0.186. The summed E-state index contributed by atoms with van der Waals surface area (Å²) in [5.74, 6) is -0.516. The number of imide groups is 1. The van der Waals surface area contributed by atoms with Gasteiger partial charge < -0.3 is 0 Å². The zero-order valence-electron chi connectivity index (χ0n) is 25.2. The number of halogens is 3. The number of rotatable bonds is 4. The van der Waals surface area contributed by atoms with Crippen LogP contribution in [0.1, 0.15) is 45.7 Å². The SMILES string of the molecule is Cc1ccc(-c2ccc(-c3ccc(C(F)(F)F)cc3)c3nc4c(nc23)-c2ccc3c5c(ccc-4c25)C(=O)N(CC(C)C)C3=O)cc1. The molecule has 5 nitrogen and oxygen atoms in total. The highest BCUT2D eigenvalue weighted by Gasteiger charge is 2.37. The van der Waals surface area contributed by atoms with Crippen molar-refractivity contribution in [3.05, 3.63) is 107 Å². The molecule has 0 atom stereocenters. The van der Waals surface area contributed by atoms with Gasteiger partial charge in [-0.15, -0.1) is 0 Å². The molecule has 5 aromatic carbocycles. The maximum Gasteiger partial charge on any atom is 0.416 e. The van der Waals surface area contributed by atoms with Crippen molar-refractivity contribution in [1.29, 1.82) is 0 Å². The number of hydrogen-bond donors (Lipinski definition) is 0. The van der Waals surface area contributed by atoms with Crippen molar-refractivity contribution >= 4 is 33.6 Å². The summed E-state index contributed by atoms with van der Waals surface area (Å²) in [4.78, 5) is 38.9. The third-order valence-electron chi connectivity index (χ3n) is 8.88. The molecule has 0 N–H and O–H groups in total. The molecule has 1 aliphatic heterocycles. The van der Waals surface area contributed by atoms with Crippen LogP contribution in [0.3, 0.4) is 0 Å². The predicted octanol–water partition coefficient (Wildman–Crippen LogP) is 9.34. The maximum absolute atomic E-state index is 13.6. The number of benzene rings is 5. The van der Waals surface area contributed by atoms with E-state index in [1.807, 2.05) is 69.3 Å². The molecule has 226 valence electrons. The first-order valence-electron chi connectivity index (χ1n) is 15.1. The first-order chi connectivity index (χ1) is 22.0. The van der Waals surface area contributed by atoms with Crippen molar-refractivity contribution in [2.75, 3.05) is 6.54 Å². The summed E-state index contributed by atoms with van der Waals surface area (Å²) < 4.78 is 40.1. The van der Waals surface area contributed by atoms with Gasteiger partial charge in [-0.3, -0.25) is 14.5 Å². The van der Waals surface area contributed by atoms with Gasteiger partial charge in [-0.1, -0.05) is 80.1 Å². The van der Waals surface area contributed by atoms with E-state index in [4.69, 9.17) is 9.97 Å². The monoisotopic (exact) mass is 613 g/mol. The Morgan fingerprint density at radius 1 is 0.609 bits per heavy atom. The first-order valence-corrected chi connectivity index (χ1v) is 15.1. The Balaban J connectivity index is 1.39. The number of carbonyl (C=O) groups is 2. The second-order valence-electron chi connectivity index (χ2n) is 12.4. The molecule has 8 rings (SSSR count). The fourth-order valence-corrected chi connectivity index (χ4v) is 6.71. The number of amides is 2. The van der Waals surface area contributed by atoms with E-state index < -0.39 is 11.7 Å². The van der Waals surface area contributed by atoms with Gasteiger partial charge in [0.25, 0.3) is 11.8 Å². The standard InChI is InChI=1S/C38H26F3N3O2/c1-19(2)18-44-36(45)28-16-14-26-30-27(15-17-29(31(28)30)37(44)46)35-34(26)42-32-24(21-6-4-20(3)5-7-21)12-13-25(33(32)43-35)22-8-10-23(11-9-22)38(39,40)41/h4-17,19H,18H2,1-3H3. The Morgan fingerprint density at radius 2 is 1.02 bits per heavy atom. The van der Waals surface area contributed by atoms with E-state index in [0.717, 1.165) is 45.3 Å². The van der Waals surface area contributed by atoms with E-state index in [1.165, 1.54) is 17.0 Å². The van der Waals surface area contributed by atoms with Crippen LogP contribution in [0.15, 0.2) is 84.9 Å². The molecule has 0 saturated carbocycles. The normalized spacial score (nSPS) is 13.8. The lowest BCUT2D eigenvalue weighted by Crippen LogP contribution is -2.42. The Bertz CT molecular complexity index is 2270. The zero-order valence-corrected chi connectivity index (χ0v) is 25.2. The lowest BCUT2D eigenvalue weighted by molar-refractivity contribution is -0.137. The van der Waals surface area contributed by atoms with Crippen LogP contribution in [0, 0.1) is 12.8 Å². The van der Waals surface area contributed by atoms with Gasteiger partial charge in [0.05, 0.1) is 28.0 Å². The highest BCUT2D eigenvalue weighted by atomic mass is 19.4. The summed E-state index contributed by atoms with van der Waals surface area (Å²) in [5, 5.41) is 1.37. The first kappa shape index (κ1) is 28.1. The summed E-state index contributed by atoms with van der Waals surface area (Å²) >= 11 is 0. The molecule has 46 heavy (non-hydrogen) atoms. The highest BCUT2D eigenvalue weighted by molar-refractivity contribution is 6.30. The van der Waals surface area contributed by atoms with Crippen molar-refractivity contribution in [2.45, 2.75) is 26.9 Å². The second-order valence-corrected chi connectivity index (χ2v) is 12.4. The minimum absolute atomic E-state index is 0.117. The molecule has 1 aromatic heterocycles. The molecule has 0 saturated heterocycles. The van der Waals surface area contributed by atoms with Crippen LogP contribution in [-0.2, 0) is 6.18 Å². The number of hydrogen-bond acceptors (Lipinski definition) is 4. The minimum Gasteiger partial charge on any atom is -0.274 e. The Kier molecular flexibility index (Phi) is 6.00. The summed E-state index contributed by atoms with van der Waals surface area (Å²) in [5.41, 5.74) is 8.24. The number of alkyl halides is 3. The van der Waals surface area contributed by atoms with Crippen LogP contribution in [0.5, 0.6) is 0 Å². The third-order valence-corrected chi connectivity index (χ3v) is 8.88. The van der Waals surface area contributed by atoms with Gasteiger partial charge in [-0.2, -0.15) is 13.2 Å². The van der Waals surface area contributed by atoms with Crippen molar-refractivity contribution in [3.63, 3.8) is 0 Å². The number of aromatic nitrogens is 2. The molecule has 8 heteroatoms. The molecule has 2 amide bonds. The molecule has 1 aliphatic carbocycles. The Labute approximate surface area is 262 Å². The lowest BCUT2D eigenvalue weighted by Gasteiger charge is -2.28. The van der Waals surface area contributed by atoms with Gasteiger partial charge in [0.1, 0.15) is 0 Å². The number of nitrogens with zero attached hydrogens (tertiary/aromatic N) is 3. The van der Waals surface area contributed by atoms with Gasteiger partial charge in [0.2, 0.25) is 0 Å². The molecular weight excluding hydrogens is 587 g/mol. The van der Waals surface area contributed by atoms with E-state index in [2.05, 4.69) is 0 Å². The molecule has 0 spiro atoms. The van der Waals surface area contributed by atoms with Crippen molar-refractivity contribution in [2.24, 2.45) is 5.92 Å². The molecule has 0 radical (unpaired) electrons. The number of aryl methyl sites for hydroxylation is 1. The fourth-order valence-electron chi connectivity index (χ4n) is 6.71. The maximum atomic E-state index is 13.6. The molecule has 6 aromatic rings. The number of fused-ring (bicyclic) bond motifs is 4. The van der Waals surface area contributed by atoms with E-state index in [1.54, 1.807) is 12.1 Å². The summed E-state index contributed by atoms with van der Waals surface area (Å²) in [6, 6.07) is 24.2. The fraction of sp³-hybridized carbons (Fsp3) is 0.158. The van der Waals surface area contributed by atoms with E-state index in [0.29, 0.717) is 56.6 Å². The highest BCUT2D eigenvalue weighted by Crippen LogP contribution is 2.50. The Hall–Kier alpha value is -5.37. The van der Waals surface area contributed by atoms with Gasteiger partial charge in [-0.25, -0.2) is 9.97 Å². The van der Waals surface area contributed by atoms with Crippen molar-refractivity contribution < 1.29 is 22.8 Å². The van der Waals surface area contributed by atoms with E-state index in [-0.39, 0.29) is 17.7 Å². The van der Waals surface area contributed by atoms with Gasteiger partial charge in [-0.05, 0) is 48.2 Å². The predicted molar refractivity (Wildman–Crippen MR) is 172 cm³/mol. The Morgan fingerprint density at radius 3 is 1.48 bits per heavy atom. The van der Waals surface area contributed by atoms with Crippen LogP contribution < -0.4 is 0 Å². The van der Waals surface area contributed by atoms with Crippen LogP contribution in [0.25, 0.3) is 66.6 Å². The van der Waals surface area contributed by atoms with Crippen LogP contribution in [0.2, 0.25) is 0 Å². The molecular formula is C38H26F3N3O2. The molecule has 2 heterocycles. The minimum atomic E-state index is -4.45. The number of carbonyl (C=O) groups excluding carboxylic acids is 2. The van der Waals surface area contributed by atoms with Crippen LogP contribution >= 0.6 is 0 Å². The summed E-state index contributed by atoms with van der Waals surface area (Å²) in [6.07, 6.45) is -4.45. The molecule has 0 unspecified atom stereocenters. The van der Waals surface area contributed by atoms with Gasteiger partial charge in [0, 0.05) is 50.7 Å². The summed E-state index contributed by atoms with van der Waals surface area (Å²) in [6.45, 7) is 6.27.